The molecule has 0 aliphatic rings. The molecule has 0 bridgehead atoms. The number of halogens is 2. The van der Waals surface area contributed by atoms with Crippen molar-refractivity contribution in [1.29, 1.82) is 0 Å². The van der Waals surface area contributed by atoms with Crippen molar-refractivity contribution in [3.05, 3.63) is 29.6 Å². The van der Waals surface area contributed by atoms with E-state index >= 15 is 0 Å². The van der Waals surface area contributed by atoms with Crippen LogP contribution in [0.5, 0.6) is 0 Å². The lowest BCUT2D eigenvalue weighted by Crippen LogP contribution is -2.08. The van der Waals surface area contributed by atoms with E-state index in [2.05, 4.69) is 4.98 Å². The summed E-state index contributed by atoms with van der Waals surface area (Å²) in [5.41, 5.74) is 0.709. The molecule has 1 aromatic rings. The predicted molar refractivity (Wildman–Crippen MR) is 61.2 cm³/mol. The third kappa shape index (κ3) is 7.00. The van der Waals surface area contributed by atoms with Crippen LogP contribution in [0.15, 0.2) is 18.3 Å². The van der Waals surface area contributed by atoms with Gasteiger partial charge < -0.3 is 0 Å². The molecule has 1 rings (SSSR count). The van der Waals surface area contributed by atoms with E-state index in [4.69, 9.17) is 0 Å². The number of nitrogens with zero attached hydrogens (tertiary/aromatic N) is 1. The van der Waals surface area contributed by atoms with E-state index in [9.17, 15) is 8.78 Å². The highest BCUT2D eigenvalue weighted by molar-refractivity contribution is 5.15. The summed E-state index contributed by atoms with van der Waals surface area (Å²) in [7, 11) is 0. The molecule has 88 valence electrons. The van der Waals surface area contributed by atoms with Gasteiger partial charge >= 0.3 is 0 Å². The van der Waals surface area contributed by atoms with Crippen molar-refractivity contribution >= 4 is 0 Å². The van der Waals surface area contributed by atoms with Crippen LogP contribution in [0.2, 0.25) is 0 Å². The molecule has 3 heteroatoms. The summed E-state index contributed by atoms with van der Waals surface area (Å²) in [5.74, 6) is -2.83. The van der Waals surface area contributed by atoms with Crippen LogP contribution in [0.4, 0.5) is 8.78 Å². The van der Waals surface area contributed by atoms with Crippen LogP contribution in [-0.4, -0.2) is 4.98 Å². The second-order valence-corrected chi connectivity index (χ2v) is 2.61. The molecule has 0 N–H and O–H groups in total. The van der Waals surface area contributed by atoms with Gasteiger partial charge in [0, 0.05) is 13.1 Å². The maximum Gasteiger partial charge on any atom is 0.286 e. The van der Waals surface area contributed by atoms with Gasteiger partial charge in [-0.3, -0.25) is 4.98 Å². The van der Waals surface area contributed by atoms with Crippen LogP contribution >= 0.6 is 0 Å². The van der Waals surface area contributed by atoms with Crippen LogP contribution in [0.25, 0.3) is 0 Å². The highest BCUT2D eigenvalue weighted by Crippen LogP contribution is 2.24. The zero-order valence-corrected chi connectivity index (χ0v) is 10.4. The molecule has 0 saturated heterocycles. The molecule has 0 saturated carbocycles. The summed E-state index contributed by atoms with van der Waals surface area (Å²) in [5, 5.41) is 0. The quantitative estimate of drug-likeness (QED) is 0.672. The number of rotatable bonds is 1. The minimum absolute atomic E-state index is 0.178. The van der Waals surface area contributed by atoms with E-state index in [0.29, 0.717) is 0 Å². The predicted octanol–water partition coefficient (Wildman–Crippen LogP) is 4.55. The Morgan fingerprint density at radius 1 is 1.07 bits per heavy atom. The van der Waals surface area contributed by atoms with Crippen LogP contribution < -0.4 is 0 Å². The van der Waals surface area contributed by atoms with Crippen molar-refractivity contribution in [2.75, 3.05) is 0 Å². The van der Waals surface area contributed by atoms with Gasteiger partial charge in [-0.15, -0.1) is 0 Å². The Balaban J connectivity index is 0. The fraction of sp³-hybridized carbons (Fsp3) is 0.583. The number of aromatic nitrogens is 1. The first-order valence-electron chi connectivity index (χ1n) is 5.31. The standard InChI is InChI=1S/C8H9F2N.2C2H6/c1-6-3-4-7(11-5-6)8(2,9)10;2*1-2/h3-5H,1-2H3;2*1-2H3. The molecule has 0 aromatic carbocycles. The second-order valence-electron chi connectivity index (χ2n) is 2.61. The Kier molecular flexibility index (Phi) is 9.13. The highest BCUT2D eigenvalue weighted by Gasteiger charge is 2.25. The lowest BCUT2D eigenvalue weighted by molar-refractivity contribution is 0.0127. The molecule has 15 heavy (non-hydrogen) atoms. The van der Waals surface area contributed by atoms with Gasteiger partial charge in [0.05, 0.1) is 0 Å². The summed E-state index contributed by atoms with van der Waals surface area (Å²) in [4.78, 5) is 3.60. The normalized spacial score (nSPS) is 9.33. The fourth-order valence-electron chi connectivity index (χ4n) is 0.727. The van der Waals surface area contributed by atoms with Crippen molar-refractivity contribution < 1.29 is 8.78 Å². The number of pyridine rings is 1. The number of hydrogen-bond donors (Lipinski definition) is 0. The van der Waals surface area contributed by atoms with Crippen molar-refractivity contribution in [3.8, 4) is 0 Å². The second kappa shape index (κ2) is 8.33. The van der Waals surface area contributed by atoms with Crippen LogP contribution in [0.3, 0.4) is 0 Å². The topological polar surface area (TPSA) is 12.9 Å². The van der Waals surface area contributed by atoms with Gasteiger partial charge in [0.1, 0.15) is 5.69 Å². The molecule has 0 aliphatic carbocycles. The lowest BCUT2D eigenvalue weighted by atomic mass is 10.2. The molecule has 0 fully saturated rings. The Labute approximate surface area is 91.5 Å². The first-order chi connectivity index (χ1) is 7.00. The number of aryl methyl sites for hydroxylation is 1. The first kappa shape index (κ1) is 16.4. The third-order valence-electron chi connectivity index (χ3n) is 1.36. The van der Waals surface area contributed by atoms with Gasteiger partial charge in [0.25, 0.3) is 5.92 Å². The maximum absolute atomic E-state index is 12.5. The summed E-state index contributed by atoms with van der Waals surface area (Å²) in [6.45, 7) is 10.6. The van der Waals surface area contributed by atoms with Crippen LogP contribution in [0.1, 0.15) is 45.9 Å². The van der Waals surface area contributed by atoms with Gasteiger partial charge in [-0.25, -0.2) is 0 Å². The fourth-order valence-corrected chi connectivity index (χ4v) is 0.727. The molecule has 0 amide bonds. The minimum Gasteiger partial charge on any atom is -0.255 e. The molecule has 0 atom stereocenters. The van der Waals surface area contributed by atoms with Gasteiger partial charge in [0.15, 0.2) is 0 Å². The van der Waals surface area contributed by atoms with E-state index in [1.807, 2.05) is 34.6 Å². The zero-order valence-electron chi connectivity index (χ0n) is 10.4. The summed E-state index contributed by atoms with van der Waals surface area (Å²) in [6.07, 6.45) is 1.44. The number of hydrogen-bond acceptors (Lipinski definition) is 1. The maximum atomic E-state index is 12.5. The van der Waals surface area contributed by atoms with Crippen molar-refractivity contribution in [3.63, 3.8) is 0 Å². The van der Waals surface area contributed by atoms with E-state index in [1.165, 1.54) is 12.3 Å². The van der Waals surface area contributed by atoms with Crippen LogP contribution in [-0.2, 0) is 5.92 Å². The number of alkyl halides is 2. The van der Waals surface area contributed by atoms with Crippen molar-refractivity contribution in [2.45, 2.75) is 47.5 Å². The highest BCUT2D eigenvalue weighted by atomic mass is 19.3. The van der Waals surface area contributed by atoms with E-state index < -0.39 is 5.92 Å². The van der Waals surface area contributed by atoms with Gasteiger partial charge in [-0.2, -0.15) is 8.78 Å². The summed E-state index contributed by atoms with van der Waals surface area (Å²) in [6, 6.07) is 2.97. The van der Waals surface area contributed by atoms with E-state index in [1.54, 1.807) is 6.07 Å². The third-order valence-corrected chi connectivity index (χ3v) is 1.36. The molecule has 1 aromatic heterocycles. The average Bonchev–Trinajstić information content (AvgIpc) is 2.23. The summed E-state index contributed by atoms with van der Waals surface area (Å²) >= 11 is 0. The molecule has 0 radical (unpaired) electrons. The zero-order chi connectivity index (χ0) is 12.5. The molecule has 1 nitrogen and oxygen atoms in total. The smallest absolute Gasteiger partial charge is 0.255 e. The van der Waals surface area contributed by atoms with E-state index in [0.717, 1.165) is 12.5 Å². The molecule has 0 aliphatic heterocycles. The van der Waals surface area contributed by atoms with Crippen molar-refractivity contribution in [2.24, 2.45) is 0 Å². The van der Waals surface area contributed by atoms with Gasteiger partial charge in [-0.05, 0) is 18.6 Å². The molecule has 1 heterocycles. The van der Waals surface area contributed by atoms with Crippen LogP contribution in [0, 0.1) is 6.92 Å². The van der Waals surface area contributed by atoms with Crippen molar-refractivity contribution in [1.82, 2.24) is 4.98 Å². The Bertz CT molecular complexity index is 237. The van der Waals surface area contributed by atoms with Gasteiger partial charge in [0.2, 0.25) is 0 Å². The Hall–Kier alpha value is -0.990. The Morgan fingerprint density at radius 3 is 1.80 bits per heavy atom. The Morgan fingerprint density at radius 2 is 1.53 bits per heavy atom. The molecular formula is C12H21F2N. The molecule has 0 spiro atoms. The average molecular weight is 217 g/mol. The first-order valence-corrected chi connectivity index (χ1v) is 5.31. The monoisotopic (exact) mass is 217 g/mol. The van der Waals surface area contributed by atoms with E-state index in [-0.39, 0.29) is 5.69 Å². The lowest BCUT2D eigenvalue weighted by Gasteiger charge is -2.08. The largest absolute Gasteiger partial charge is 0.286 e. The molecule has 0 unspecified atom stereocenters. The summed E-state index contributed by atoms with van der Waals surface area (Å²) < 4.78 is 25.0. The minimum atomic E-state index is -2.83. The SMILES string of the molecule is CC.CC.Cc1ccc(C(C)(F)F)nc1. The molecular weight excluding hydrogens is 196 g/mol. The van der Waals surface area contributed by atoms with Gasteiger partial charge in [-0.1, -0.05) is 33.8 Å².